The van der Waals surface area contributed by atoms with Gasteiger partial charge in [0, 0.05) is 12.8 Å². The highest BCUT2D eigenvalue weighted by Gasteiger charge is 2.25. The minimum atomic E-state index is -0.261. The molecule has 0 N–H and O–H groups in total. The standard InChI is InChI=1S/C23H23FO/c1-4-5-19(25)14-22-16(3)21(12-17-8-6-15(2)7-9-17)20-11-10-18(24)13-23(20)22/h6-13H,4-5,14H2,1-3H3/b21-12-. The van der Waals surface area contributed by atoms with Crippen molar-refractivity contribution in [1.29, 1.82) is 0 Å². The second-order valence-electron chi connectivity index (χ2n) is 6.73. The van der Waals surface area contributed by atoms with Crippen molar-refractivity contribution in [2.24, 2.45) is 0 Å². The van der Waals surface area contributed by atoms with Gasteiger partial charge >= 0.3 is 0 Å². The number of allylic oxidation sites excluding steroid dienone is 3. The van der Waals surface area contributed by atoms with E-state index in [-0.39, 0.29) is 11.6 Å². The number of hydrogen-bond acceptors (Lipinski definition) is 1. The molecule has 0 spiro atoms. The molecular weight excluding hydrogens is 311 g/mol. The molecule has 1 nitrogen and oxygen atoms in total. The van der Waals surface area contributed by atoms with Crippen molar-refractivity contribution in [2.75, 3.05) is 0 Å². The molecule has 0 saturated heterocycles. The van der Waals surface area contributed by atoms with Crippen molar-refractivity contribution in [2.45, 2.75) is 40.0 Å². The van der Waals surface area contributed by atoms with Gasteiger partial charge in [0.15, 0.2) is 0 Å². The van der Waals surface area contributed by atoms with Crippen LogP contribution in [0.25, 0.3) is 17.2 Å². The minimum Gasteiger partial charge on any atom is -0.299 e. The van der Waals surface area contributed by atoms with E-state index in [1.165, 1.54) is 11.6 Å². The number of carbonyl (C=O) groups excluding carboxylic acids is 1. The summed E-state index contributed by atoms with van der Waals surface area (Å²) >= 11 is 0. The van der Waals surface area contributed by atoms with Crippen molar-refractivity contribution >= 4 is 23.0 Å². The summed E-state index contributed by atoms with van der Waals surface area (Å²) in [5, 5.41) is 0. The fraction of sp³-hybridized carbons (Fsp3) is 0.261. The Labute approximate surface area is 148 Å². The molecule has 128 valence electrons. The normalized spacial score (nSPS) is 15.0. The molecule has 1 aliphatic carbocycles. The van der Waals surface area contributed by atoms with Crippen LogP contribution in [0.3, 0.4) is 0 Å². The Morgan fingerprint density at radius 2 is 1.76 bits per heavy atom. The molecule has 0 aromatic heterocycles. The third kappa shape index (κ3) is 3.63. The van der Waals surface area contributed by atoms with E-state index in [4.69, 9.17) is 0 Å². The van der Waals surface area contributed by atoms with E-state index < -0.39 is 0 Å². The zero-order valence-electron chi connectivity index (χ0n) is 15.0. The molecule has 0 aliphatic heterocycles. The van der Waals surface area contributed by atoms with Crippen LogP contribution in [0, 0.1) is 12.7 Å². The van der Waals surface area contributed by atoms with Crippen LogP contribution in [0.5, 0.6) is 0 Å². The molecule has 1 aliphatic rings. The van der Waals surface area contributed by atoms with E-state index in [9.17, 15) is 9.18 Å². The summed E-state index contributed by atoms with van der Waals surface area (Å²) < 4.78 is 13.8. The molecule has 0 fully saturated rings. The van der Waals surface area contributed by atoms with Gasteiger partial charge in [-0.05, 0) is 71.9 Å². The number of carbonyl (C=O) groups is 1. The van der Waals surface area contributed by atoms with Gasteiger partial charge in [-0.2, -0.15) is 0 Å². The van der Waals surface area contributed by atoms with Gasteiger partial charge in [0.2, 0.25) is 0 Å². The van der Waals surface area contributed by atoms with Gasteiger partial charge in [0.25, 0.3) is 0 Å². The number of Topliss-reactive ketones (excluding diaryl/α,β-unsaturated/α-hetero) is 1. The molecule has 0 bridgehead atoms. The van der Waals surface area contributed by atoms with Crippen molar-refractivity contribution < 1.29 is 9.18 Å². The van der Waals surface area contributed by atoms with Crippen LogP contribution in [0.2, 0.25) is 0 Å². The van der Waals surface area contributed by atoms with E-state index in [2.05, 4.69) is 37.3 Å². The fourth-order valence-electron chi connectivity index (χ4n) is 3.38. The van der Waals surface area contributed by atoms with Crippen LogP contribution in [0.1, 0.15) is 55.4 Å². The predicted molar refractivity (Wildman–Crippen MR) is 103 cm³/mol. The molecule has 25 heavy (non-hydrogen) atoms. The number of hydrogen-bond donors (Lipinski definition) is 0. The van der Waals surface area contributed by atoms with Gasteiger partial charge in [-0.25, -0.2) is 4.39 Å². The molecule has 0 unspecified atom stereocenters. The number of ketones is 1. The maximum Gasteiger partial charge on any atom is 0.137 e. The van der Waals surface area contributed by atoms with E-state index in [0.717, 1.165) is 39.8 Å². The molecule has 2 aromatic rings. The minimum absolute atomic E-state index is 0.212. The first-order valence-electron chi connectivity index (χ1n) is 8.80. The van der Waals surface area contributed by atoms with Crippen molar-refractivity contribution in [1.82, 2.24) is 0 Å². The number of fused-ring (bicyclic) bond motifs is 1. The molecule has 0 radical (unpaired) electrons. The van der Waals surface area contributed by atoms with E-state index >= 15 is 0 Å². The first-order valence-corrected chi connectivity index (χ1v) is 8.80. The lowest BCUT2D eigenvalue weighted by Crippen LogP contribution is -1.99. The smallest absolute Gasteiger partial charge is 0.137 e. The van der Waals surface area contributed by atoms with Gasteiger partial charge in [0.1, 0.15) is 11.6 Å². The number of halogens is 1. The zero-order chi connectivity index (χ0) is 18.0. The Morgan fingerprint density at radius 3 is 2.44 bits per heavy atom. The van der Waals surface area contributed by atoms with E-state index in [1.54, 1.807) is 6.07 Å². The van der Waals surface area contributed by atoms with E-state index in [1.807, 2.05) is 19.9 Å². The van der Waals surface area contributed by atoms with Crippen molar-refractivity contribution in [3.63, 3.8) is 0 Å². The summed E-state index contributed by atoms with van der Waals surface area (Å²) in [6.07, 6.45) is 3.91. The lowest BCUT2D eigenvalue weighted by atomic mass is 9.99. The second-order valence-corrected chi connectivity index (χ2v) is 6.73. The lowest BCUT2D eigenvalue weighted by Gasteiger charge is -2.05. The van der Waals surface area contributed by atoms with Gasteiger partial charge in [-0.15, -0.1) is 0 Å². The highest BCUT2D eigenvalue weighted by molar-refractivity contribution is 6.08. The highest BCUT2D eigenvalue weighted by Crippen LogP contribution is 2.44. The van der Waals surface area contributed by atoms with Crippen LogP contribution in [-0.4, -0.2) is 5.78 Å². The Kier molecular flexibility index (Phi) is 4.98. The molecule has 2 heteroatoms. The van der Waals surface area contributed by atoms with Crippen molar-refractivity contribution in [3.8, 4) is 0 Å². The van der Waals surface area contributed by atoms with Crippen LogP contribution in [0.15, 0.2) is 48.0 Å². The average Bonchev–Trinajstić information content (AvgIpc) is 2.82. The van der Waals surface area contributed by atoms with Gasteiger partial charge in [0.05, 0.1) is 0 Å². The SMILES string of the molecule is CCCC(=O)CC1=C(C)/C(=C/c2ccc(C)cc2)c2ccc(F)cc21. The van der Waals surface area contributed by atoms with Gasteiger partial charge < -0.3 is 0 Å². The molecule has 3 rings (SSSR count). The topological polar surface area (TPSA) is 17.1 Å². The summed E-state index contributed by atoms with van der Waals surface area (Å²) in [4.78, 5) is 12.2. The monoisotopic (exact) mass is 334 g/mol. The maximum atomic E-state index is 13.8. The first-order chi connectivity index (χ1) is 12.0. The molecular formula is C23H23FO. The molecule has 2 aromatic carbocycles. The third-order valence-electron chi connectivity index (χ3n) is 4.74. The Hall–Kier alpha value is -2.48. The average molecular weight is 334 g/mol. The molecule has 0 atom stereocenters. The summed E-state index contributed by atoms with van der Waals surface area (Å²) in [6, 6.07) is 13.2. The number of rotatable bonds is 5. The van der Waals surface area contributed by atoms with E-state index in [0.29, 0.717) is 12.8 Å². The van der Waals surface area contributed by atoms with Crippen molar-refractivity contribution in [3.05, 3.63) is 76.1 Å². The van der Waals surface area contributed by atoms with Gasteiger partial charge in [-0.1, -0.05) is 42.8 Å². The summed E-state index contributed by atoms with van der Waals surface area (Å²) in [6.45, 7) is 6.10. The van der Waals surface area contributed by atoms with Crippen LogP contribution in [-0.2, 0) is 4.79 Å². The van der Waals surface area contributed by atoms with Crippen LogP contribution < -0.4 is 0 Å². The lowest BCUT2D eigenvalue weighted by molar-refractivity contribution is -0.118. The molecule has 0 saturated carbocycles. The fourth-order valence-corrected chi connectivity index (χ4v) is 3.38. The third-order valence-corrected chi connectivity index (χ3v) is 4.74. The maximum absolute atomic E-state index is 13.8. The Bertz CT molecular complexity index is 869. The predicted octanol–water partition coefficient (Wildman–Crippen LogP) is 6.22. The highest BCUT2D eigenvalue weighted by atomic mass is 19.1. The first kappa shape index (κ1) is 17.3. The van der Waals surface area contributed by atoms with Gasteiger partial charge in [-0.3, -0.25) is 4.79 Å². The number of benzene rings is 2. The quantitative estimate of drug-likeness (QED) is 0.634. The molecule has 0 amide bonds. The largest absolute Gasteiger partial charge is 0.299 e. The summed E-state index contributed by atoms with van der Waals surface area (Å²) in [5.74, 6) is -0.0489. The number of aryl methyl sites for hydroxylation is 1. The van der Waals surface area contributed by atoms with Crippen LogP contribution in [0.4, 0.5) is 4.39 Å². The molecule has 0 heterocycles. The zero-order valence-corrected chi connectivity index (χ0v) is 15.0. The summed E-state index contributed by atoms with van der Waals surface area (Å²) in [5.41, 5.74) is 7.32. The second kappa shape index (κ2) is 7.18. The Morgan fingerprint density at radius 1 is 1.04 bits per heavy atom. The summed E-state index contributed by atoms with van der Waals surface area (Å²) in [7, 11) is 0. The Balaban J connectivity index is 2.08. The van der Waals surface area contributed by atoms with Crippen LogP contribution >= 0.6 is 0 Å².